The van der Waals surface area contributed by atoms with Crippen LogP contribution >= 0.6 is 0 Å². The molecule has 3 heteroatoms. The first-order valence-corrected chi connectivity index (χ1v) is 6.93. The summed E-state index contributed by atoms with van der Waals surface area (Å²) < 4.78 is 26.1. The zero-order valence-corrected chi connectivity index (χ0v) is 10.7. The van der Waals surface area contributed by atoms with Gasteiger partial charge in [0.25, 0.3) is 0 Å². The van der Waals surface area contributed by atoms with E-state index in [1.807, 2.05) is 0 Å². The molecule has 0 atom stereocenters. The smallest absolute Gasteiger partial charge is 0.129 e. The van der Waals surface area contributed by atoms with Crippen molar-refractivity contribution in [1.29, 1.82) is 0 Å². The van der Waals surface area contributed by atoms with Crippen LogP contribution in [0.3, 0.4) is 0 Å². The molecule has 1 N–H and O–H groups in total. The summed E-state index contributed by atoms with van der Waals surface area (Å²) in [5.41, 5.74) is 0.613. The zero-order valence-electron chi connectivity index (χ0n) is 10.7. The van der Waals surface area contributed by atoms with Gasteiger partial charge < -0.3 is 5.32 Å². The molecule has 1 aromatic rings. The van der Waals surface area contributed by atoms with Gasteiger partial charge in [-0.2, -0.15) is 0 Å². The van der Waals surface area contributed by atoms with Gasteiger partial charge in [-0.3, -0.25) is 0 Å². The Kier molecular flexibility index (Phi) is 5.12. The monoisotopic (exact) mass is 253 g/mol. The Hall–Kier alpha value is -0.960. The quantitative estimate of drug-likeness (QED) is 0.787. The Morgan fingerprint density at radius 1 is 1.11 bits per heavy atom. The van der Waals surface area contributed by atoms with E-state index in [0.717, 1.165) is 19.0 Å². The average molecular weight is 253 g/mol. The molecule has 1 fully saturated rings. The number of aryl methyl sites for hydroxylation is 1. The molecule has 1 nitrogen and oxygen atoms in total. The zero-order chi connectivity index (χ0) is 12.8. The molecule has 1 saturated carbocycles. The summed E-state index contributed by atoms with van der Waals surface area (Å²) in [7, 11) is 0. The SMILES string of the molecule is Fc1ccc(CCCNC2CCCCC2)c(F)c1. The third-order valence-electron chi connectivity index (χ3n) is 3.68. The third-order valence-corrected chi connectivity index (χ3v) is 3.68. The van der Waals surface area contributed by atoms with E-state index in [-0.39, 0.29) is 0 Å². The molecule has 0 bridgehead atoms. The van der Waals surface area contributed by atoms with E-state index in [1.54, 1.807) is 6.07 Å². The van der Waals surface area contributed by atoms with E-state index >= 15 is 0 Å². The lowest BCUT2D eigenvalue weighted by molar-refractivity contribution is 0.372. The van der Waals surface area contributed by atoms with Crippen molar-refractivity contribution < 1.29 is 8.78 Å². The topological polar surface area (TPSA) is 12.0 Å². The summed E-state index contributed by atoms with van der Waals surface area (Å²) in [5, 5.41) is 3.53. The van der Waals surface area contributed by atoms with Gasteiger partial charge in [0.1, 0.15) is 11.6 Å². The molecule has 0 saturated heterocycles. The number of hydrogen-bond donors (Lipinski definition) is 1. The maximum Gasteiger partial charge on any atom is 0.129 e. The first kappa shape index (κ1) is 13.5. The minimum atomic E-state index is -0.503. The summed E-state index contributed by atoms with van der Waals surface area (Å²) in [6, 6.07) is 4.49. The van der Waals surface area contributed by atoms with Crippen molar-refractivity contribution in [2.24, 2.45) is 0 Å². The Bertz CT molecular complexity index is 373. The second kappa shape index (κ2) is 6.83. The molecule has 100 valence electrons. The minimum Gasteiger partial charge on any atom is -0.314 e. The first-order valence-electron chi connectivity index (χ1n) is 6.93. The number of nitrogens with one attached hydrogen (secondary N) is 1. The fraction of sp³-hybridized carbons (Fsp3) is 0.600. The lowest BCUT2D eigenvalue weighted by atomic mass is 9.95. The van der Waals surface area contributed by atoms with Crippen LogP contribution < -0.4 is 5.32 Å². The summed E-state index contributed by atoms with van der Waals surface area (Å²) in [4.78, 5) is 0. The van der Waals surface area contributed by atoms with Crippen LogP contribution in [-0.2, 0) is 6.42 Å². The summed E-state index contributed by atoms with van der Waals surface area (Å²) in [6.07, 6.45) is 8.12. The average Bonchev–Trinajstić information content (AvgIpc) is 2.38. The van der Waals surface area contributed by atoms with Gasteiger partial charge in [0, 0.05) is 12.1 Å². The van der Waals surface area contributed by atoms with Crippen LogP contribution in [0.1, 0.15) is 44.1 Å². The number of halogens is 2. The predicted molar refractivity (Wildman–Crippen MR) is 69.6 cm³/mol. The van der Waals surface area contributed by atoms with E-state index < -0.39 is 11.6 Å². The molecule has 0 heterocycles. The number of hydrogen-bond acceptors (Lipinski definition) is 1. The van der Waals surface area contributed by atoms with E-state index in [2.05, 4.69) is 5.32 Å². The molecule has 1 aliphatic rings. The lowest BCUT2D eigenvalue weighted by Crippen LogP contribution is -2.31. The molecule has 1 aromatic carbocycles. The number of rotatable bonds is 5. The summed E-state index contributed by atoms with van der Waals surface area (Å²) >= 11 is 0. The van der Waals surface area contributed by atoms with Crippen molar-refractivity contribution in [3.8, 4) is 0 Å². The van der Waals surface area contributed by atoms with Gasteiger partial charge in [-0.05, 0) is 43.9 Å². The molecule has 0 radical (unpaired) electrons. The van der Waals surface area contributed by atoms with Crippen LogP contribution in [0, 0.1) is 11.6 Å². The minimum absolute atomic E-state index is 0.423. The molecule has 0 amide bonds. The lowest BCUT2D eigenvalue weighted by Gasteiger charge is -2.22. The van der Waals surface area contributed by atoms with Crippen molar-refractivity contribution in [3.63, 3.8) is 0 Å². The highest BCUT2D eigenvalue weighted by Gasteiger charge is 2.12. The van der Waals surface area contributed by atoms with Gasteiger partial charge in [0.2, 0.25) is 0 Å². The highest BCUT2D eigenvalue weighted by atomic mass is 19.1. The molecular weight excluding hydrogens is 232 g/mol. The Morgan fingerprint density at radius 2 is 1.89 bits per heavy atom. The predicted octanol–water partition coefficient (Wildman–Crippen LogP) is 3.82. The highest BCUT2D eigenvalue weighted by Crippen LogP contribution is 2.17. The van der Waals surface area contributed by atoms with Crippen LogP contribution in [0.25, 0.3) is 0 Å². The van der Waals surface area contributed by atoms with E-state index in [9.17, 15) is 8.78 Å². The van der Waals surface area contributed by atoms with Crippen LogP contribution in [0.2, 0.25) is 0 Å². The Morgan fingerprint density at radius 3 is 2.61 bits per heavy atom. The van der Waals surface area contributed by atoms with Gasteiger partial charge in [-0.15, -0.1) is 0 Å². The second-order valence-electron chi connectivity index (χ2n) is 5.13. The second-order valence-corrected chi connectivity index (χ2v) is 5.13. The number of benzene rings is 1. The Balaban J connectivity index is 1.68. The van der Waals surface area contributed by atoms with Crippen LogP contribution in [-0.4, -0.2) is 12.6 Å². The van der Waals surface area contributed by atoms with Crippen molar-refractivity contribution in [2.75, 3.05) is 6.54 Å². The van der Waals surface area contributed by atoms with Gasteiger partial charge in [-0.1, -0.05) is 25.3 Å². The molecule has 0 aliphatic heterocycles. The molecule has 18 heavy (non-hydrogen) atoms. The molecular formula is C15H21F2N. The largest absolute Gasteiger partial charge is 0.314 e. The fourth-order valence-electron chi connectivity index (χ4n) is 2.62. The van der Waals surface area contributed by atoms with E-state index in [0.29, 0.717) is 18.0 Å². The highest BCUT2D eigenvalue weighted by molar-refractivity contribution is 5.18. The molecule has 0 aromatic heterocycles. The van der Waals surface area contributed by atoms with Gasteiger partial charge in [-0.25, -0.2) is 8.78 Å². The van der Waals surface area contributed by atoms with Gasteiger partial charge in [0.05, 0.1) is 0 Å². The third kappa shape index (κ3) is 4.05. The van der Waals surface area contributed by atoms with Crippen LogP contribution in [0.5, 0.6) is 0 Å². The molecule has 2 rings (SSSR count). The van der Waals surface area contributed by atoms with Crippen molar-refractivity contribution >= 4 is 0 Å². The maximum atomic E-state index is 13.4. The van der Waals surface area contributed by atoms with Gasteiger partial charge >= 0.3 is 0 Å². The first-order chi connectivity index (χ1) is 8.75. The van der Waals surface area contributed by atoms with Gasteiger partial charge in [0.15, 0.2) is 0 Å². The fourth-order valence-corrected chi connectivity index (χ4v) is 2.62. The maximum absolute atomic E-state index is 13.4. The van der Waals surface area contributed by atoms with Crippen molar-refractivity contribution in [1.82, 2.24) is 5.32 Å². The van der Waals surface area contributed by atoms with Crippen LogP contribution in [0.15, 0.2) is 18.2 Å². The summed E-state index contributed by atoms with van der Waals surface area (Å²) in [5.74, 6) is -0.927. The van der Waals surface area contributed by atoms with Crippen LogP contribution in [0.4, 0.5) is 8.78 Å². The normalized spacial score (nSPS) is 17.0. The van der Waals surface area contributed by atoms with E-state index in [4.69, 9.17) is 0 Å². The van der Waals surface area contributed by atoms with Crippen molar-refractivity contribution in [2.45, 2.75) is 51.0 Å². The Labute approximate surface area is 108 Å². The van der Waals surface area contributed by atoms with Crippen molar-refractivity contribution in [3.05, 3.63) is 35.4 Å². The molecule has 0 unspecified atom stereocenters. The van der Waals surface area contributed by atoms with E-state index in [1.165, 1.54) is 38.2 Å². The molecule has 0 spiro atoms. The molecule has 1 aliphatic carbocycles. The summed E-state index contributed by atoms with van der Waals surface area (Å²) in [6.45, 7) is 0.918. The standard InChI is InChI=1S/C15H21F2N/c16-13-9-8-12(15(17)11-13)5-4-10-18-14-6-2-1-3-7-14/h8-9,11,14,18H,1-7,10H2.